The minimum Gasteiger partial charge on any atom is -0.421 e. The third-order valence-corrected chi connectivity index (χ3v) is 3.09. The summed E-state index contributed by atoms with van der Waals surface area (Å²) in [4.78, 5) is 15.5. The Bertz CT molecular complexity index is 714. The van der Waals surface area contributed by atoms with Gasteiger partial charge in [0.1, 0.15) is 5.58 Å². The fraction of sp³-hybridized carbons (Fsp3) is 0. The van der Waals surface area contributed by atoms with E-state index in [0.29, 0.717) is 16.2 Å². The second-order valence-electron chi connectivity index (χ2n) is 3.12. The number of benzene rings is 1. The Morgan fingerprint density at radius 3 is 3.00 bits per heavy atom. The molecule has 0 atom stereocenters. The average Bonchev–Trinajstić information content (AvgIpc) is 2.61. The molecule has 0 aliphatic carbocycles. The molecule has 2 N–H and O–H groups in total. The minimum absolute atomic E-state index is 0.316. The zero-order valence-corrected chi connectivity index (χ0v) is 8.38. The highest BCUT2D eigenvalue weighted by Gasteiger charge is 2.10. The first-order valence-electron chi connectivity index (χ1n) is 4.33. The van der Waals surface area contributed by atoms with Crippen LogP contribution in [0.5, 0.6) is 0 Å². The van der Waals surface area contributed by atoms with Gasteiger partial charge in [0.05, 0.1) is 4.70 Å². The molecule has 3 aromatic rings. The fourth-order valence-corrected chi connectivity index (χ4v) is 2.40. The third-order valence-electron chi connectivity index (χ3n) is 2.17. The number of rotatable bonds is 0. The summed E-state index contributed by atoms with van der Waals surface area (Å²) >= 11 is 1.30. The number of thiazole rings is 1. The third kappa shape index (κ3) is 1.13. The van der Waals surface area contributed by atoms with Crippen LogP contribution < -0.4 is 11.4 Å². The molecule has 2 aromatic heterocycles. The maximum absolute atomic E-state index is 11.5. The first-order chi connectivity index (χ1) is 7.25. The molecule has 0 bridgehead atoms. The molecule has 0 aliphatic rings. The zero-order valence-electron chi connectivity index (χ0n) is 7.56. The van der Waals surface area contributed by atoms with Crippen LogP contribution in [0.2, 0.25) is 0 Å². The molecule has 0 amide bonds. The quantitative estimate of drug-likeness (QED) is 0.586. The number of hydrogen-bond acceptors (Lipinski definition) is 5. The summed E-state index contributed by atoms with van der Waals surface area (Å²) in [5.74, 6) is 0. The van der Waals surface area contributed by atoms with Gasteiger partial charge in [0.2, 0.25) is 0 Å². The molecule has 0 spiro atoms. The van der Waals surface area contributed by atoms with Crippen LogP contribution in [0, 0.1) is 0 Å². The lowest BCUT2D eigenvalue weighted by Crippen LogP contribution is -1.99. The highest BCUT2D eigenvalue weighted by atomic mass is 32.1. The van der Waals surface area contributed by atoms with Gasteiger partial charge in [-0.05, 0) is 12.1 Å². The smallest absolute Gasteiger partial charge is 0.363 e. The molecule has 0 aliphatic heterocycles. The Hall–Kier alpha value is -1.88. The molecule has 4 nitrogen and oxygen atoms in total. The molecule has 0 fully saturated rings. The molecular weight excluding hydrogens is 212 g/mol. The fourth-order valence-electron chi connectivity index (χ4n) is 1.55. The first-order valence-corrected chi connectivity index (χ1v) is 5.15. The van der Waals surface area contributed by atoms with E-state index in [9.17, 15) is 4.79 Å². The van der Waals surface area contributed by atoms with Crippen molar-refractivity contribution in [2.45, 2.75) is 0 Å². The van der Waals surface area contributed by atoms with Crippen LogP contribution in [0.3, 0.4) is 0 Å². The Morgan fingerprint density at radius 1 is 1.33 bits per heavy atom. The molecule has 0 unspecified atom stereocenters. The molecule has 0 saturated carbocycles. The van der Waals surface area contributed by atoms with Gasteiger partial charge < -0.3 is 10.2 Å². The minimum atomic E-state index is -0.434. The van der Waals surface area contributed by atoms with E-state index in [0.717, 1.165) is 10.1 Å². The van der Waals surface area contributed by atoms with Crippen molar-refractivity contribution in [3.8, 4) is 0 Å². The number of aromatic nitrogens is 1. The number of fused-ring (bicyclic) bond motifs is 3. The summed E-state index contributed by atoms with van der Waals surface area (Å²) in [5.41, 5.74) is 6.03. The van der Waals surface area contributed by atoms with Crippen molar-refractivity contribution in [1.82, 2.24) is 4.98 Å². The topological polar surface area (TPSA) is 69.1 Å². The van der Waals surface area contributed by atoms with Gasteiger partial charge >= 0.3 is 5.63 Å². The summed E-state index contributed by atoms with van der Waals surface area (Å²) in [6.07, 6.45) is 0. The zero-order chi connectivity index (χ0) is 10.4. The molecule has 0 saturated heterocycles. The van der Waals surface area contributed by atoms with Crippen LogP contribution in [0.1, 0.15) is 0 Å². The largest absolute Gasteiger partial charge is 0.421 e. The summed E-state index contributed by atoms with van der Waals surface area (Å²) in [5, 5.41) is 1.26. The second kappa shape index (κ2) is 2.80. The van der Waals surface area contributed by atoms with E-state index >= 15 is 0 Å². The van der Waals surface area contributed by atoms with Crippen LogP contribution in [0.15, 0.2) is 33.5 Å². The van der Waals surface area contributed by atoms with Gasteiger partial charge in [-0.15, -0.1) is 0 Å². The number of hydrogen-bond donors (Lipinski definition) is 1. The van der Waals surface area contributed by atoms with Gasteiger partial charge in [0.15, 0.2) is 10.6 Å². The lowest BCUT2D eigenvalue weighted by molar-refractivity contribution is 0.568. The van der Waals surface area contributed by atoms with Crippen molar-refractivity contribution >= 4 is 37.7 Å². The lowest BCUT2D eigenvalue weighted by atomic mass is 10.2. The highest BCUT2D eigenvalue weighted by molar-refractivity contribution is 7.22. The SMILES string of the molecule is Nc1nc2c(=O)oc3ccccc3c2s1. The average molecular weight is 218 g/mol. The summed E-state index contributed by atoms with van der Waals surface area (Å²) < 4.78 is 5.91. The first kappa shape index (κ1) is 8.43. The van der Waals surface area contributed by atoms with Crippen molar-refractivity contribution in [3.05, 3.63) is 34.7 Å². The maximum Gasteiger partial charge on any atom is 0.363 e. The Kier molecular flexibility index (Phi) is 1.58. The van der Waals surface area contributed by atoms with E-state index < -0.39 is 5.63 Å². The van der Waals surface area contributed by atoms with Crippen LogP contribution in [-0.2, 0) is 0 Å². The van der Waals surface area contributed by atoms with Crippen molar-refractivity contribution in [3.63, 3.8) is 0 Å². The predicted octanol–water partition coefficient (Wildman–Crippen LogP) is 1.98. The number of nitrogen functional groups attached to an aromatic ring is 1. The lowest BCUT2D eigenvalue weighted by Gasteiger charge is -1.94. The molecule has 3 rings (SSSR count). The molecule has 0 radical (unpaired) electrons. The van der Waals surface area contributed by atoms with Crippen molar-refractivity contribution < 1.29 is 4.42 Å². The van der Waals surface area contributed by atoms with E-state index in [1.54, 1.807) is 6.07 Å². The van der Waals surface area contributed by atoms with Gasteiger partial charge in [0.25, 0.3) is 0 Å². The Labute approximate surface area is 88.0 Å². The van der Waals surface area contributed by atoms with Crippen molar-refractivity contribution in [2.75, 3.05) is 5.73 Å². The van der Waals surface area contributed by atoms with Gasteiger partial charge in [0, 0.05) is 5.39 Å². The summed E-state index contributed by atoms with van der Waals surface area (Å²) in [6, 6.07) is 7.35. The number of nitrogens with two attached hydrogens (primary N) is 1. The van der Waals surface area contributed by atoms with Gasteiger partial charge in [-0.3, -0.25) is 0 Å². The summed E-state index contributed by atoms with van der Waals surface area (Å²) in [7, 11) is 0. The normalized spacial score (nSPS) is 11.2. The van der Waals surface area contributed by atoms with Gasteiger partial charge in [-0.1, -0.05) is 23.5 Å². The molecular formula is C10H6N2O2S. The predicted molar refractivity (Wildman–Crippen MR) is 60.1 cm³/mol. The monoisotopic (exact) mass is 218 g/mol. The van der Waals surface area contributed by atoms with E-state index in [1.807, 2.05) is 18.2 Å². The van der Waals surface area contributed by atoms with E-state index in [2.05, 4.69) is 4.98 Å². The van der Waals surface area contributed by atoms with Crippen LogP contribution >= 0.6 is 11.3 Å². The van der Waals surface area contributed by atoms with E-state index in [4.69, 9.17) is 10.2 Å². The standard InChI is InChI=1S/C10H6N2O2S/c11-10-12-7-8(15-10)5-3-1-2-4-6(5)14-9(7)13/h1-4H,(H2,11,12). The molecule has 2 heterocycles. The van der Waals surface area contributed by atoms with Crippen molar-refractivity contribution in [1.29, 1.82) is 0 Å². The second-order valence-corrected chi connectivity index (χ2v) is 4.15. The Balaban J connectivity index is 2.69. The van der Waals surface area contributed by atoms with E-state index in [-0.39, 0.29) is 0 Å². The maximum atomic E-state index is 11.5. The number of anilines is 1. The van der Waals surface area contributed by atoms with Crippen LogP contribution in [0.25, 0.3) is 21.2 Å². The summed E-state index contributed by atoms with van der Waals surface area (Å²) in [6.45, 7) is 0. The van der Waals surface area contributed by atoms with Gasteiger partial charge in [-0.25, -0.2) is 9.78 Å². The molecule has 15 heavy (non-hydrogen) atoms. The van der Waals surface area contributed by atoms with E-state index in [1.165, 1.54) is 11.3 Å². The molecule has 74 valence electrons. The Morgan fingerprint density at radius 2 is 2.13 bits per heavy atom. The highest BCUT2D eigenvalue weighted by Crippen LogP contribution is 2.28. The van der Waals surface area contributed by atoms with Crippen molar-refractivity contribution in [2.24, 2.45) is 0 Å². The van der Waals surface area contributed by atoms with Gasteiger partial charge in [-0.2, -0.15) is 0 Å². The molecule has 5 heteroatoms. The van der Waals surface area contributed by atoms with Crippen LogP contribution in [-0.4, -0.2) is 4.98 Å². The number of nitrogens with zero attached hydrogens (tertiary/aromatic N) is 1. The van der Waals surface area contributed by atoms with Crippen LogP contribution in [0.4, 0.5) is 5.13 Å². The molecule has 1 aromatic carbocycles. The number of para-hydroxylation sites is 1.